The zero-order valence-corrected chi connectivity index (χ0v) is 20.1. The number of methoxy groups -OCH3 is 2. The summed E-state index contributed by atoms with van der Waals surface area (Å²) in [7, 11) is 2.73. The maximum Gasteiger partial charge on any atom is 0.351 e. The minimum atomic E-state index is -1.50. The third kappa shape index (κ3) is 6.13. The van der Waals surface area contributed by atoms with Gasteiger partial charge < -0.3 is 23.7 Å². The van der Waals surface area contributed by atoms with Crippen molar-refractivity contribution in [3.8, 4) is 11.9 Å². The molecule has 0 radical (unpaired) electrons. The monoisotopic (exact) mass is 480 g/mol. The van der Waals surface area contributed by atoms with Crippen LogP contribution >= 0.6 is 0 Å². The summed E-state index contributed by atoms with van der Waals surface area (Å²) in [5, 5.41) is 0. The maximum absolute atomic E-state index is 13.3. The normalized spacial score (nSPS) is 11.9. The Kier molecular flexibility index (Phi) is 8.74. The molecule has 0 aliphatic carbocycles. The molecule has 1 aromatic heterocycles. The summed E-state index contributed by atoms with van der Waals surface area (Å²) in [6.45, 7) is 3.00. The Balaban J connectivity index is 2.19. The minimum Gasteiger partial charge on any atom is -0.481 e. The van der Waals surface area contributed by atoms with Crippen molar-refractivity contribution in [3.05, 3.63) is 83.6 Å². The van der Waals surface area contributed by atoms with Gasteiger partial charge in [0.1, 0.15) is 6.61 Å². The number of carbonyl (C=O) groups is 2. The molecule has 1 atom stereocenters. The van der Waals surface area contributed by atoms with Crippen LogP contribution in [-0.2, 0) is 29.4 Å². The van der Waals surface area contributed by atoms with Crippen molar-refractivity contribution in [1.82, 2.24) is 9.97 Å². The number of benzene rings is 2. The fraction of sp³-hybridized carbons (Fsp3) is 0.308. The standard InChI is InChI=1S/C26H28N2O7/c1-18-17-22(31-3)28-25(27-18)35-23(24(30)32-4)26(20-11-7-5-8-12-20,21-13-9-6-10-14-21)34-16-15-33-19(2)29/h5-14,17,23H,15-16H2,1-4H3. The molecule has 2 aromatic carbocycles. The molecule has 3 rings (SSSR count). The highest BCUT2D eigenvalue weighted by Gasteiger charge is 2.50. The van der Waals surface area contributed by atoms with Gasteiger partial charge in [-0.1, -0.05) is 60.7 Å². The minimum absolute atomic E-state index is 0.0284. The van der Waals surface area contributed by atoms with E-state index in [1.807, 2.05) is 60.7 Å². The first-order chi connectivity index (χ1) is 16.9. The molecular weight excluding hydrogens is 452 g/mol. The Bertz CT molecular complexity index is 1080. The van der Waals surface area contributed by atoms with Crippen molar-refractivity contribution in [2.75, 3.05) is 27.4 Å². The first-order valence-corrected chi connectivity index (χ1v) is 10.9. The molecule has 1 heterocycles. The first-order valence-electron chi connectivity index (χ1n) is 10.9. The second-order valence-electron chi connectivity index (χ2n) is 7.51. The number of esters is 2. The molecule has 35 heavy (non-hydrogen) atoms. The fourth-order valence-electron chi connectivity index (χ4n) is 3.65. The number of carbonyl (C=O) groups excluding carboxylic acids is 2. The summed E-state index contributed by atoms with van der Waals surface area (Å²) in [6.07, 6.45) is -1.37. The smallest absolute Gasteiger partial charge is 0.351 e. The maximum atomic E-state index is 13.3. The summed E-state index contributed by atoms with van der Waals surface area (Å²) in [4.78, 5) is 33.2. The molecule has 0 N–H and O–H groups in total. The van der Waals surface area contributed by atoms with E-state index in [2.05, 4.69) is 9.97 Å². The largest absolute Gasteiger partial charge is 0.481 e. The molecule has 0 bridgehead atoms. The lowest BCUT2D eigenvalue weighted by Crippen LogP contribution is -2.52. The van der Waals surface area contributed by atoms with Crippen molar-refractivity contribution in [3.63, 3.8) is 0 Å². The summed E-state index contributed by atoms with van der Waals surface area (Å²) >= 11 is 0. The Labute approximate surface area is 204 Å². The predicted molar refractivity (Wildman–Crippen MR) is 126 cm³/mol. The van der Waals surface area contributed by atoms with E-state index in [-0.39, 0.29) is 25.1 Å². The highest BCUT2D eigenvalue weighted by Crippen LogP contribution is 2.39. The second kappa shape index (κ2) is 11.9. The van der Waals surface area contributed by atoms with Crippen molar-refractivity contribution < 1.29 is 33.3 Å². The van der Waals surface area contributed by atoms with Crippen LogP contribution in [0, 0.1) is 6.92 Å². The van der Waals surface area contributed by atoms with E-state index in [0.717, 1.165) is 0 Å². The van der Waals surface area contributed by atoms with Gasteiger partial charge >= 0.3 is 17.9 Å². The van der Waals surface area contributed by atoms with Crippen molar-refractivity contribution in [2.45, 2.75) is 25.6 Å². The number of aryl methyl sites for hydroxylation is 1. The molecule has 0 amide bonds. The van der Waals surface area contributed by atoms with Crippen molar-refractivity contribution in [2.24, 2.45) is 0 Å². The van der Waals surface area contributed by atoms with Crippen LogP contribution in [-0.4, -0.2) is 55.4 Å². The Morgan fingerprint density at radius 1 is 0.914 bits per heavy atom. The van der Waals surface area contributed by atoms with Gasteiger partial charge in [-0.05, 0) is 18.1 Å². The van der Waals surface area contributed by atoms with Gasteiger partial charge in [-0.3, -0.25) is 4.79 Å². The lowest BCUT2D eigenvalue weighted by Gasteiger charge is -2.39. The molecule has 0 fully saturated rings. The van der Waals surface area contributed by atoms with Crippen LogP contribution in [0.4, 0.5) is 0 Å². The predicted octanol–water partition coefficient (Wildman–Crippen LogP) is 3.24. The van der Waals surface area contributed by atoms with Gasteiger partial charge in [0.2, 0.25) is 12.0 Å². The van der Waals surface area contributed by atoms with Gasteiger partial charge in [-0.2, -0.15) is 4.98 Å². The van der Waals surface area contributed by atoms with Gasteiger partial charge in [-0.15, -0.1) is 0 Å². The number of nitrogens with zero attached hydrogens (tertiary/aromatic N) is 2. The van der Waals surface area contributed by atoms with Gasteiger partial charge in [0.25, 0.3) is 0 Å². The zero-order chi connectivity index (χ0) is 25.3. The molecule has 9 nitrogen and oxygen atoms in total. The van der Waals surface area contributed by atoms with Crippen molar-refractivity contribution in [1.29, 1.82) is 0 Å². The fourth-order valence-corrected chi connectivity index (χ4v) is 3.65. The SMILES string of the molecule is COC(=O)C(Oc1nc(C)cc(OC)n1)C(OCCOC(C)=O)(c1ccccc1)c1ccccc1. The van der Waals surface area contributed by atoms with E-state index >= 15 is 0 Å². The number of hydrogen-bond donors (Lipinski definition) is 0. The highest BCUT2D eigenvalue weighted by molar-refractivity contribution is 5.78. The zero-order valence-electron chi connectivity index (χ0n) is 20.1. The Hall–Kier alpha value is -3.98. The van der Waals surface area contributed by atoms with Crippen molar-refractivity contribution >= 4 is 11.9 Å². The van der Waals surface area contributed by atoms with E-state index in [9.17, 15) is 9.59 Å². The summed E-state index contributed by atoms with van der Waals surface area (Å²) in [5.41, 5.74) is 0.306. The molecular formula is C26H28N2O7. The van der Waals surface area contributed by atoms with Crippen LogP contribution < -0.4 is 9.47 Å². The molecule has 9 heteroatoms. The van der Waals surface area contributed by atoms with Gasteiger partial charge in [0.05, 0.1) is 20.8 Å². The Morgan fingerprint density at radius 2 is 1.51 bits per heavy atom. The van der Waals surface area contributed by atoms with Crippen LogP contribution in [0.1, 0.15) is 23.7 Å². The van der Waals surface area contributed by atoms with E-state index < -0.39 is 23.6 Å². The topological polar surface area (TPSA) is 106 Å². The second-order valence-corrected chi connectivity index (χ2v) is 7.51. The van der Waals surface area contributed by atoms with Gasteiger partial charge in [0, 0.05) is 18.7 Å². The lowest BCUT2D eigenvalue weighted by molar-refractivity contribution is -0.171. The van der Waals surface area contributed by atoms with E-state index in [4.69, 9.17) is 23.7 Å². The highest BCUT2D eigenvalue weighted by atomic mass is 16.6. The van der Waals surface area contributed by atoms with Crippen LogP contribution in [0.5, 0.6) is 11.9 Å². The molecule has 0 saturated carbocycles. The Morgan fingerprint density at radius 3 is 2.03 bits per heavy atom. The van der Waals surface area contributed by atoms with Crippen LogP contribution in [0.25, 0.3) is 0 Å². The molecule has 1 unspecified atom stereocenters. The molecule has 3 aromatic rings. The van der Waals surface area contributed by atoms with Gasteiger partial charge in [0.15, 0.2) is 5.60 Å². The third-order valence-corrected chi connectivity index (χ3v) is 5.15. The van der Waals surface area contributed by atoms with Gasteiger partial charge in [-0.25, -0.2) is 9.78 Å². The van der Waals surface area contributed by atoms with E-state index in [1.165, 1.54) is 21.1 Å². The molecule has 0 spiro atoms. The van der Waals surface area contributed by atoms with Crippen LogP contribution in [0.2, 0.25) is 0 Å². The molecule has 0 aliphatic heterocycles. The number of rotatable bonds is 11. The average Bonchev–Trinajstić information content (AvgIpc) is 2.88. The summed E-state index contributed by atoms with van der Waals surface area (Å²) in [5.74, 6) is -0.883. The summed E-state index contributed by atoms with van der Waals surface area (Å²) in [6, 6.07) is 19.8. The number of aromatic nitrogens is 2. The number of hydrogen-bond acceptors (Lipinski definition) is 9. The van der Waals surface area contributed by atoms with E-state index in [0.29, 0.717) is 16.8 Å². The molecule has 0 aliphatic rings. The van der Waals surface area contributed by atoms with E-state index in [1.54, 1.807) is 13.0 Å². The average molecular weight is 481 g/mol. The first kappa shape index (κ1) is 25.6. The third-order valence-electron chi connectivity index (χ3n) is 5.15. The molecule has 184 valence electrons. The quantitative estimate of drug-likeness (QED) is 0.302. The molecule has 0 saturated heterocycles. The number of ether oxygens (including phenoxy) is 5. The summed E-state index contributed by atoms with van der Waals surface area (Å²) < 4.78 is 28.0. The lowest BCUT2D eigenvalue weighted by atomic mass is 9.81. The van der Waals surface area contributed by atoms with Crippen LogP contribution in [0.3, 0.4) is 0 Å². The van der Waals surface area contributed by atoms with Crippen LogP contribution in [0.15, 0.2) is 66.7 Å².